The number of allylic oxidation sites excluding steroid dienone is 4. The number of ketones is 1. The van der Waals surface area contributed by atoms with Gasteiger partial charge in [0.2, 0.25) is 0 Å². The number of hydrogen-bond donors (Lipinski definition) is 0. The monoisotopic (exact) mass is 434 g/mol. The third kappa shape index (κ3) is 5.25. The number of hydrogen-bond acceptors (Lipinski definition) is 3. The lowest BCUT2D eigenvalue weighted by atomic mass is 9.73. The van der Waals surface area contributed by atoms with Crippen LogP contribution in [0.25, 0.3) is 0 Å². The third-order valence-electron chi connectivity index (χ3n) is 5.56. The van der Waals surface area contributed by atoms with Gasteiger partial charge in [0, 0.05) is 10.4 Å². The molecule has 0 unspecified atom stereocenters. The van der Waals surface area contributed by atoms with Crippen molar-refractivity contribution in [3.05, 3.63) is 46.0 Å². The summed E-state index contributed by atoms with van der Waals surface area (Å²) < 4.78 is 11.6. The maximum absolute atomic E-state index is 12.9. The average molecular weight is 435 g/mol. The first-order valence-electron chi connectivity index (χ1n) is 9.67. The number of carbonyl (C=O) groups is 1. The Bertz CT molecular complexity index is 731. The largest absolute Gasteiger partial charge is 0.493 e. The molecule has 148 valence electrons. The molecule has 1 aliphatic carbocycles. The molecule has 0 aliphatic heterocycles. The number of ether oxygens (including phenoxy) is 2. The van der Waals surface area contributed by atoms with Gasteiger partial charge in [-0.2, -0.15) is 0 Å². The maximum Gasteiger partial charge on any atom is 0.163 e. The minimum absolute atomic E-state index is 0.107. The first-order valence-corrected chi connectivity index (χ1v) is 10.5. The van der Waals surface area contributed by atoms with Gasteiger partial charge in [-0.25, -0.2) is 0 Å². The Labute approximate surface area is 172 Å². The van der Waals surface area contributed by atoms with E-state index in [9.17, 15) is 4.79 Å². The van der Waals surface area contributed by atoms with Crippen molar-refractivity contribution in [3.63, 3.8) is 0 Å². The van der Waals surface area contributed by atoms with Crippen LogP contribution in [-0.2, 0) is 4.79 Å². The van der Waals surface area contributed by atoms with E-state index in [0.29, 0.717) is 11.5 Å². The van der Waals surface area contributed by atoms with Crippen LogP contribution in [0.2, 0.25) is 0 Å². The second-order valence-corrected chi connectivity index (χ2v) is 8.59. The summed E-state index contributed by atoms with van der Waals surface area (Å²) in [5.41, 5.74) is 2.61. The molecule has 2 rings (SSSR count). The van der Waals surface area contributed by atoms with Crippen LogP contribution in [0.3, 0.4) is 0 Å². The summed E-state index contributed by atoms with van der Waals surface area (Å²) in [5.74, 6) is 1.18. The van der Waals surface area contributed by atoms with Gasteiger partial charge in [0.1, 0.15) is 0 Å². The first kappa shape index (κ1) is 21.7. The van der Waals surface area contributed by atoms with Gasteiger partial charge in [0.15, 0.2) is 17.3 Å². The number of carbonyl (C=O) groups excluding carboxylic acids is 1. The highest BCUT2D eigenvalue weighted by Crippen LogP contribution is 2.40. The van der Waals surface area contributed by atoms with E-state index in [4.69, 9.17) is 9.47 Å². The van der Waals surface area contributed by atoms with E-state index >= 15 is 0 Å². The van der Waals surface area contributed by atoms with Gasteiger partial charge in [0.25, 0.3) is 0 Å². The Hall–Kier alpha value is -1.55. The average Bonchev–Trinajstić information content (AvgIpc) is 2.64. The van der Waals surface area contributed by atoms with Gasteiger partial charge in [0.05, 0.1) is 14.2 Å². The summed E-state index contributed by atoms with van der Waals surface area (Å²) >= 11 is 3.58. The van der Waals surface area contributed by atoms with Gasteiger partial charge in [-0.05, 0) is 54.9 Å². The fourth-order valence-electron chi connectivity index (χ4n) is 3.78. The van der Waals surface area contributed by atoms with Crippen molar-refractivity contribution in [2.24, 2.45) is 5.41 Å². The SMILES string of the molecule is CC[C@@H](C(=O)/C=C\C=C1/CCCCC1(C)C)c1cc(OC)c(OC)cc1Br. The molecule has 0 amide bonds. The van der Waals surface area contributed by atoms with Crippen molar-refractivity contribution in [1.29, 1.82) is 0 Å². The Morgan fingerprint density at radius 2 is 1.89 bits per heavy atom. The summed E-state index contributed by atoms with van der Waals surface area (Å²) in [6, 6.07) is 3.76. The minimum Gasteiger partial charge on any atom is -0.493 e. The molecule has 0 heterocycles. The molecule has 1 fully saturated rings. The fraction of sp³-hybridized carbons (Fsp3) is 0.522. The van der Waals surface area contributed by atoms with Crippen molar-refractivity contribution in [3.8, 4) is 11.5 Å². The Morgan fingerprint density at radius 1 is 1.22 bits per heavy atom. The fourth-order valence-corrected chi connectivity index (χ4v) is 4.38. The highest BCUT2D eigenvalue weighted by molar-refractivity contribution is 9.10. The molecule has 1 aromatic carbocycles. The van der Waals surface area contributed by atoms with Gasteiger partial charge in [-0.1, -0.05) is 60.8 Å². The lowest BCUT2D eigenvalue weighted by Gasteiger charge is -2.32. The van der Waals surface area contributed by atoms with Crippen molar-refractivity contribution in [2.45, 2.75) is 58.8 Å². The summed E-state index contributed by atoms with van der Waals surface area (Å²) in [5, 5.41) is 0. The Balaban J connectivity index is 2.23. The number of methoxy groups -OCH3 is 2. The second kappa shape index (κ2) is 9.59. The van der Waals surface area contributed by atoms with E-state index in [1.165, 1.54) is 24.8 Å². The zero-order chi connectivity index (χ0) is 20.0. The van der Waals surface area contributed by atoms with Crippen LogP contribution in [0.5, 0.6) is 11.5 Å². The van der Waals surface area contributed by atoms with Gasteiger partial charge in [-0.15, -0.1) is 0 Å². The zero-order valence-electron chi connectivity index (χ0n) is 17.1. The van der Waals surface area contributed by atoms with Crippen molar-refractivity contribution in [2.75, 3.05) is 14.2 Å². The van der Waals surface area contributed by atoms with E-state index in [-0.39, 0.29) is 17.1 Å². The van der Waals surface area contributed by atoms with E-state index in [0.717, 1.165) is 22.9 Å². The van der Waals surface area contributed by atoms with Crippen LogP contribution in [0.1, 0.15) is 64.4 Å². The number of halogens is 1. The molecule has 0 radical (unpaired) electrons. The Kier molecular flexibility index (Phi) is 7.72. The smallest absolute Gasteiger partial charge is 0.163 e. The zero-order valence-corrected chi connectivity index (χ0v) is 18.7. The third-order valence-corrected chi connectivity index (χ3v) is 6.24. The molecule has 0 saturated heterocycles. The Morgan fingerprint density at radius 3 is 2.48 bits per heavy atom. The molecular formula is C23H31BrO3. The number of rotatable bonds is 7. The lowest BCUT2D eigenvalue weighted by molar-refractivity contribution is -0.116. The normalized spacial score (nSPS) is 19.3. The topological polar surface area (TPSA) is 35.5 Å². The van der Waals surface area contributed by atoms with Gasteiger partial charge < -0.3 is 9.47 Å². The molecule has 1 aliphatic rings. The highest BCUT2D eigenvalue weighted by atomic mass is 79.9. The molecule has 0 spiro atoms. The molecule has 0 bridgehead atoms. The van der Waals surface area contributed by atoms with Gasteiger partial charge in [-0.3, -0.25) is 4.79 Å². The predicted molar refractivity (Wildman–Crippen MR) is 115 cm³/mol. The molecule has 0 N–H and O–H groups in total. The van der Waals surface area contributed by atoms with Crippen LogP contribution in [0.15, 0.2) is 40.4 Å². The maximum atomic E-state index is 12.9. The van der Waals surface area contributed by atoms with E-state index in [1.54, 1.807) is 20.3 Å². The standard InChI is InChI=1S/C23H31BrO3/c1-6-17(18-14-21(26-4)22(27-5)15-19(18)24)20(25)12-9-11-16-10-7-8-13-23(16,2)3/h9,11-12,14-15,17H,6-8,10,13H2,1-5H3/b12-9-,16-11+/t17-/m1/s1. The highest BCUT2D eigenvalue weighted by Gasteiger charge is 2.26. The quantitative estimate of drug-likeness (QED) is 0.452. The van der Waals surface area contributed by atoms with Gasteiger partial charge >= 0.3 is 0 Å². The first-order chi connectivity index (χ1) is 12.8. The molecule has 1 aromatic rings. The van der Waals surface area contributed by atoms with Crippen LogP contribution in [0.4, 0.5) is 0 Å². The molecule has 0 aromatic heterocycles. The molecule has 1 saturated carbocycles. The summed E-state index contributed by atoms with van der Waals surface area (Å²) in [6.07, 6.45) is 11.4. The van der Waals surface area contributed by atoms with Crippen molar-refractivity contribution in [1.82, 2.24) is 0 Å². The summed E-state index contributed by atoms with van der Waals surface area (Å²) in [6.45, 7) is 6.62. The van der Waals surface area contributed by atoms with E-state index in [2.05, 4.69) is 35.9 Å². The van der Waals surface area contributed by atoms with Crippen molar-refractivity contribution >= 4 is 21.7 Å². The summed E-state index contributed by atoms with van der Waals surface area (Å²) in [4.78, 5) is 12.9. The molecule has 27 heavy (non-hydrogen) atoms. The summed E-state index contributed by atoms with van der Waals surface area (Å²) in [7, 11) is 3.21. The van der Waals surface area contributed by atoms with Crippen LogP contribution in [0, 0.1) is 5.41 Å². The van der Waals surface area contributed by atoms with Crippen LogP contribution >= 0.6 is 15.9 Å². The lowest BCUT2D eigenvalue weighted by Crippen LogP contribution is -2.18. The molecule has 3 nitrogen and oxygen atoms in total. The molecule has 4 heteroatoms. The molecular weight excluding hydrogens is 404 g/mol. The number of benzene rings is 1. The van der Waals surface area contributed by atoms with Crippen LogP contribution in [-0.4, -0.2) is 20.0 Å². The predicted octanol–water partition coefficient (Wildman–Crippen LogP) is 6.61. The van der Waals surface area contributed by atoms with Crippen molar-refractivity contribution < 1.29 is 14.3 Å². The molecule has 1 atom stereocenters. The second-order valence-electron chi connectivity index (χ2n) is 7.73. The van der Waals surface area contributed by atoms with Crippen LogP contribution < -0.4 is 9.47 Å². The van der Waals surface area contributed by atoms with E-state index < -0.39 is 0 Å². The minimum atomic E-state index is -0.215. The van der Waals surface area contributed by atoms with E-state index in [1.807, 2.05) is 25.1 Å².